The Labute approximate surface area is 122 Å². The molecule has 0 aliphatic carbocycles. The standard InChI is InChI=1S/C14H19N3O2S/c1-8-7-10-11(9(2)17-8)12(15)13(20-10)14(18)16-5-4-6-19-3/h7H,4-6,15H2,1-3H3,(H,16,18). The number of nitrogen functional groups attached to an aromatic ring is 1. The summed E-state index contributed by atoms with van der Waals surface area (Å²) in [6.07, 6.45) is 0.784. The van der Waals surface area contributed by atoms with E-state index in [4.69, 9.17) is 10.5 Å². The van der Waals surface area contributed by atoms with Crippen LogP contribution in [0.4, 0.5) is 5.69 Å². The van der Waals surface area contributed by atoms with Gasteiger partial charge in [0.1, 0.15) is 4.88 Å². The predicted octanol–water partition coefficient (Wildman–Crippen LogP) is 2.26. The first-order valence-electron chi connectivity index (χ1n) is 6.48. The number of hydrogen-bond acceptors (Lipinski definition) is 5. The predicted molar refractivity (Wildman–Crippen MR) is 82.3 cm³/mol. The lowest BCUT2D eigenvalue weighted by atomic mass is 10.2. The molecule has 2 aromatic rings. The molecule has 0 aliphatic heterocycles. The van der Waals surface area contributed by atoms with Crippen molar-refractivity contribution in [2.45, 2.75) is 20.3 Å². The molecule has 0 fully saturated rings. The summed E-state index contributed by atoms with van der Waals surface area (Å²) in [5, 5.41) is 3.75. The Hall–Kier alpha value is -1.66. The second-order valence-corrected chi connectivity index (χ2v) is 5.72. The third kappa shape index (κ3) is 2.91. The summed E-state index contributed by atoms with van der Waals surface area (Å²) in [4.78, 5) is 17.1. The minimum absolute atomic E-state index is 0.128. The van der Waals surface area contributed by atoms with E-state index in [2.05, 4.69) is 10.3 Å². The molecule has 0 atom stereocenters. The van der Waals surface area contributed by atoms with Gasteiger partial charge in [-0.15, -0.1) is 11.3 Å². The van der Waals surface area contributed by atoms with Crippen LogP contribution in [0.2, 0.25) is 0 Å². The number of nitrogens with two attached hydrogens (primary N) is 1. The molecule has 0 aliphatic rings. The van der Waals surface area contributed by atoms with Crippen molar-refractivity contribution in [3.8, 4) is 0 Å². The van der Waals surface area contributed by atoms with Gasteiger partial charge in [0.25, 0.3) is 5.91 Å². The van der Waals surface area contributed by atoms with Crippen molar-refractivity contribution in [1.82, 2.24) is 10.3 Å². The molecule has 6 heteroatoms. The molecule has 108 valence electrons. The van der Waals surface area contributed by atoms with Crippen molar-refractivity contribution in [2.75, 3.05) is 26.0 Å². The van der Waals surface area contributed by atoms with E-state index in [1.165, 1.54) is 11.3 Å². The van der Waals surface area contributed by atoms with Gasteiger partial charge < -0.3 is 15.8 Å². The van der Waals surface area contributed by atoms with Crippen LogP contribution in [0.1, 0.15) is 27.5 Å². The Morgan fingerprint density at radius 1 is 1.50 bits per heavy atom. The molecule has 2 heterocycles. The van der Waals surface area contributed by atoms with Crippen molar-refractivity contribution >= 4 is 33.0 Å². The third-order valence-corrected chi connectivity index (χ3v) is 4.19. The van der Waals surface area contributed by atoms with Gasteiger partial charge in [0.05, 0.1) is 5.69 Å². The van der Waals surface area contributed by atoms with Gasteiger partial charge in [-0.2, -0.15) is 0 Å². The molecule has 1 amide bonds. The van der Waals surface area contributed by atoms with Crippen LogP contribution in [-0.2, 0) is 4.74 Å². The normalized spacial score (nSPS) is 10.9. The number of nitrogens with one attached hydrogen (secondary N) is 1. The summed E-state index contributed by atoms with van der Waals surface area (Å²) in [6.45, 7) is 5.06. The van der Waals surface area contributed by atoms with E-state index in [1.54, 1.807) is 7.11 Å². The number of fused-ring (bicyclic) bond motifs is 1. The number of anilines is 1. The molecule has 20 heavy (non-hydrogen) atoms. The van der Waals surface area contributed by atoms with Crippen molar-refractivity contribution < 1.29 is 9.53 Å². The highest BCUT2D eigenvalue weighted by molar-refractivity contribution is 7.21. The number of methoxy groups -OCH3 is 1. The zero-order valence-corrected chi connectivity index (χ0v) is 12.8. The van der Waals surface area contributed by atoms with Gasteiger partial charge in [-0.1, -0.05) is 0 Å². The fraction of sp³-hybridized carbons (Fsp3) is 0.429. The molecule has 0 saturated carbocycles. The fourth-order valence-electron chi connectivity index (χ4n) is 2.15. The van der Waals surface area contributed by atoms with Gasteiger partial charge >= 0.3 is 0 Å². The van der Waals surface area contributed by atoms with E-state index in [9.17, 15) is 4.79 Å². The second kappa shape index (κ2) is 6.19. The molecule has 0 aromatic carbocycles. The van der Waals surface area contributed by atoms with Gasteiger partial charge in [-0.05, 0) is 26.3 Å². The average molecular weight is 293 g/mol. The molecule has 3 N–H and O–H groups in total. The summed E-state index contributed by atoms with van der Waals surface area (Å²) in [7, 11) is 1.64. The van der Waals surface area contributed by atoms with Crippen LogP contribution in [0.5, 0.6) is 0 Å². The van der Waals surface area contributed by atoms with E-state index in [0.717, 1.165) is 27.9 Å². The number of carbonyl (C=O) groups excluding carboxylic acids is 1. The number of thiophene rings is 1. The third-order valence-electron chi connectivity index (χ3n) is 3.04. The van der Waals surface area contributed by atoms with Crippen molar-refractivity contribution in [1.29, 1.82) is 0 Å². The number of nitrogens with zero attached hydrogens (tertiary/aromatic N) is 1. The summed E-state index contributed by atoms with van der Waals surface area (Å²) in [6, 6.07) is 1.96. The maximum Gasteiger partial charge on any atom is 0.263 e. The number of hydrogen-bond donors (Lipinski definition) is 2. The van der Waals surface area contributed by atoms with Crippen LogP contribution in [0, 0.1) is 13.8 Å². The van der Waals surface area contributed by atoms with Crippen molar-refractivity contribution in [2.24, 2.45) is 0 Å². The number of aromatic nitrogens is 1. The van der Waals surface area contributed by atoms with Crippen molar-refractivity contribution in [3.63, 3.8) is 0 Å². The largest absolute Gasteiger partial charge is 0.397 e. The van der Waals surface area contributed by atoms with Crippen molar-refractivity contribution in [3.05, 3.63) is 22.3 Å². The van der Waals surface area contributed by atoms with E-state index >= 15 is 0 Å². The number of carbonyl (C=O) groups is 1. The Kier molecular flexibility index (Phi) is 4.57. The van der Waals surface area contributed by atoms with Crippen LogP contribution in [0.15, 0.2) is 6.07 Å². The van der Waals surface area contributed by atoms with Crippen LogP contribution in [0.25, 0.3) is 10.1 Å². The van der Waals surface area contributed by atoms with E-state index in [0.29, 0.717) is 23.7 Å². The minimum atomic E-state index is -0.128. The number of amides is 1. The minimum Gasteiger partial charge on any atom is -0.397 e. The summed E-state index contributed by atoms with van der Waals surface area (Å²) in [5.41, 5.74) is 8.43. The fourth-order valence-corrected chi connectivity index (χ4v) is 3.33. The molecule has 0 unspecified atom stereocenters. The van der Waals surface area contributed by atoms with Gasteiger partial charge in [-0.3, -0.25) is 9.78 Å². The zero-order chi connectivity index (χ0) is 14.7. The average Bonchev–Trinajstić information content (AvgIpc) is 2.71. The van der Waals surface area contributed by atoms with E-state index in [-0.39, 0.29) is 5.91 Å². The first kappa shape index (κ1) is 14.7. The van der Waals surface area contributed by atoms with Crippen LogP contribution >= 0.6 is 11.3 Å². The Bertz CT molecular complexity index is 637. The van der Waals surface area contributed by atoms with Crippen LogP contribution in [-0.4, -0.2) is 31.2 Å². The molecule has 0 saturated heterocycles. The zero-order valence-electron chi connectivity index (χ0n) is 11.9. The maximum atomic E-state index is 12.2. The topological polar surface area (TPSA) is 77.2 Å². The highest BCUT2D eigenvalue weighted by Crippen LogP contribution is 2.35. The molecule has 0 radical (unpaired) electrons. The highest BCUT2D eigenvalue weighted by atomic mass is 32.1. The van der Waals surface area contributed by atoms with Gasteiger partial charge in [0, 0.05) is 41.7 Å². The molecule has 0 bridgehead atoms. The molecule has 2 rings (SSSR count). The summed E-state index contributed by atoms with van der Waals surface area (Å²) in [5.74, 6) is -0.128. The first-order valence-corrected chi connectivity index (χ1v) is 7.29. The maximum absolute atomic E-state index is 12.2. The van der Waals surface area contributed by atoms with Crippen LogP contribution in [0.3, 0.4) is 0 Å². The van der Waals surface area contributed by atoms with Gasteiger partial charge in [0.2, 0.25) is 0 Å². The molecule has 5 nitrogen and oxygen atoms in total. The smallest absolute Gasteiger partial charge is 0.263 e. The quantitative estimate of drug-likeness (QED) is 0.829. The van der Waals surface area contributed by atoms with E-state index < -0.39 is 0 Å². The lowest BCUT2D eigenvalue weighted by Crippen LogP contribution is -2.25. The van der Waals surface area contributed by atoms with Crippen LogP contribution < -0.4 is 11.1 Å². The number of ether oxygens (including phenoxy) is 1. The van der Waals surface area contributed by atoms with E-state index in [1.807, 2.05) is 19.9 Å². The monoisotopic (exact) mass is 293 g/mol. The lowest BCUT2D eigenvalue weighted by molar-refractivity contribution is 0.0953. The van der Waals surface area contributed by atoms with Gasteiger partial charge in [-0.25, -0.2) is 0 Å². The first-order chi connectivity index (χ1) is 9.54. The highest BCUT2D eigenvalue weighted by Gasteiger charge is 2.18. The summed E-state index contributed by atoms with van der Waals surface area (Å²) < 4.78 is 5.96. The van der Waals surface area contributed by atoms with Gasteiger partial charge in [0.15, 0.2) is 0 Å². The number of rotatable bonds is 5. The Morgan fingerprint density at radius 2 is 2.25 bits per heavy atom. The molecular formula is C14H19N3O2S. The Morgan fingerprint density at radius 3 is 2.95 bits per heavy atom. The Balaban J connectivity index is 2.24. The number of aryl methyl sites for hydroxylation is 2. The number of pyridine rings is 1. The second-order valence-electron chi connectivity index (χ2n) is 4.67. The lowest BCUT2D eigenvalue weighted by Gasteiger charge is -2.04. The molecular weight excluding hydrogens is 274 g/mol. The SMILES string of the molecule is COCCCNC(=O)c1sc2cc(C)nc(C)c2c1N. The molecule has 0 spiro atoms. The summed E-state index contributed by atoms with van der Waals surface area (Å²) >= 11 is 1.42. The molecule has 2 aromatic heterocycles.